The van der Waals surface area contributed by atoms with Crippen molar-refractivity contribution >= 4 is 29.1 Å². The van der Waals surface area contributed by atoms with Gasteiger partial charge >= 0.3 is 0 Å². The molecular weight excluding hydrogens is 433 g/mol. The lowest BCUT2D eigenvalue weighted by atomic mass is 10.0. The Hall–Kier alpha value is -2.48. The lowest BCUT2D eigenvalue weighted by molar-refractivity contribution is -0.117. The molecule has 2 aromatic carbocycles. The van der Waals surface area contributed by atoms with Crippen LogP contribution in [0.4, 0.5) is 10.1 Å². The van der Waals surface area contributed by atoms with Crippen LogP contribution in [0.15, 0.2) is 42.5 Å². The van der Waals surface area contributed by atoms with E-state index < -0.39 is 11.9 Å². The predicted octanol–water partition coefficient (Wildman–Crippen LogP) is 3.80. The second-order valence-corrected chi connectivity index (χ2v) is 8.64. The maximum Gasteiger partial charge on any atom is 0.251 e. The minimum Gasteiger partial charge on any atom is -0.376 e. The number of rotatable bonds is 6. The molecule has 170 valence electrons. The molecule has 2 aliphatic heterocycles. The number of hydrogen-bond donors (Lipinski definition) is 1. The maximum atomic E-state index is 14.7. The highest BCUT2D eigenvalue weighted by atomic mass is 35.5. The molecule has 2 saturated heterocycles. The summed E-state index contributed by atoms with van der Waals surface area (Å²) in [5.41, 5.74) is 1.66. The zero-order chi connectivity index (χ0) is 22.7. The standard InChI is InChI=1S/C24H27ClFN3O3/c1-16-15-28(12-13-32-16)21(23-19(25)4-2-5-20(23)26)14-27-24(31)17-7-9-18(10-8-17)29-11-3-6-22(29)30/h2,4-5,7-10,16,21H,3,6,11-15H2,1H3,(H,27,31). The number of ether oxygens (including phenoxy) is 1. The molecule has 0 aliphatic carbocycles. The first-order chi connectivity index (χ1) is 15.4. The molecule has 2 amide bonds. The van der Waals surface area contributed by atoms with Gasteiger partial charge < -0.3 is 15.0 Å². The number of amides is 2. The molecule has 2 aliphatic rings. The summed E-state index contributed by atoms with van der Waals surface area (Å²) >= 11 is 6.36. The van der Waals surface area contributed by atoms with Gasteiger partial charge in [0.05, 0.1) is 18.8 Å². The molecule has 2 heterocycles. The van der Waals surface area contributed by atoms with Crippen LogP contribution < -0.4 is 10.2 Å². The molecular formula is C24H27ClFN3O3. The van der Waals surface area contributed by atoms with Crippen LogP contribution in [0, 0.1) is 5.82 Å². The minimum absolute atomic E-state index is 0.00772. The fraction of sp³-hybridized carbons (Fsp3) is 0.417. The average Bonchev–Trinajstić information content (AvgIpc) is 3.21. The van der Waals surface area contributed by atoms with E-state index in [1.807, 2.05) is 6.92 Å². The van der Waals surface area contributed by atoms with Crippen molar-refractivity contribution in [2.45, 2.75) is 31.9 Å². The number of anilines is 1. The van der Waals surface area contributed by atoms with E-state index in [-0.39, 0.29) is 24.5 Å². The highest BCUT2D eigenvalue weighted by Gasteiger charge is 2.30. The van der Waals surface area contributed by atoms with E-state index in [1.165, 1.54) is 6.07 Å². The molecule has 4 rings (SSSR count). The Morgan fingerprint density at radius 1 is 1.25 bits per heavy atom. The first kappa shape index (κ1) is 22.7. The second kappa shape index (κ2) is 9.98. The number of halogens is 2. The van der Waals surface area contributed by atoms with E-state index in [4.69, 9.17) is 16.3 Å². The molecule has 32 heavy (non-hydrogen) atoms. The van der Waals surface area contributed by atoms with E-state index in [1.54, 1.807) is 41.3 Å². The van der Waals surface area contributed by atoms with Crippen molar-refractivity contribution in [2.24, 2.45) is 0 Å². The van der Waals surface area contributed by atoms with E-state index in [9.17, 15) is 14.0 Å². The quantitative estimate of drug-likeness (QED) is 0.713. The number of benzene rings is 2. The summed E-state index contributed by atoms with van der Waals surface area (Å²) in [6, 6.07) is 11.2. The molecule has 2 fully saturated rings. The van der Waals surface area contributed by atoms with Gasteiger partial charge in [-0.1, -0.05) is 17.7 Å². The van der Waals surface area contributed by atoms with E-state index in [0.29, 0.717) is 48.8 Å². The van der Waals surface area contributed by atoms with Crippen molar-refractivity contribution in [2.75, 3.05) is 37.7 Å². The number of nitrogens with zero attached hydrogens (tertiary/aromatic N) is 2. The Bertz CT molecular complexity index is 965. The maximum absolute atomic E-state index is 14.7. The SMILES string of the molecule is CC1CN(C(CNC(=O)c2ccc(N3CCCC3=O)cc2)c2c(F)cccc2Cl)CCO1. The third kappa shape index (κ3) is 4.95. The van der Waals surface area contributed by atoms with Gasteiger partial charge in [0.15, 0.2) is 0 Å². The third-order valence-electron chi connectivity index (χ3n) is 6.02. The van der Waals surface area contributed by atoms with Crippen molar-refractivity contribution < 1.29 is 18.7 Å². The monoisotopic (exact) mass is 459 g/mol. The Morgan fingerprint density at radius 2 is 2.03 bits per heavy atom. The van der Waals surface area contributed by atoms with Crippen LogP contribution in [0.3, 0.4) is 0 Å². The van der Waals surface area contributed by atoms with Crippen molar-refractivity contribution in [3.63, 3.8) is 0 Å². The summed E-state index contributed by atoms with van der Waals surface area (Å²) in [4.78, 5) is 28.6. The molecule has 2 atom stereocenters. The van der Waals surface area contributed by atoms with E-state index in [2.05, 4.69) is 10.2 Å². The molecule has 0 spiro atoms. The molecule has 0 saturated carbocycles. The van der Waals surface area contributed by atoms with Gasteiger partial charge in [-0.3, -0.25) is 14.5 Å². The van der Waals surface area contributed by atoms with Gasteiger partial charge in [-0.05, 0) is 49.7 Å². The second-order valence-electron chi connectivity index (χ2n) is 8.23. The number of carbonyl (C=O) groups excluding carboxylic acids is 2. The van der Waals surface area contributed by atoms with Gasteiger partial charge in [0.1, 0.15) is 5.82 Å². The van der Waals surface area contributed by atoms with Crippen LogP contribution in [0.25, 0.3) is 0 Å². The zero-order valence-electron chi connectivity index (χ0n) is 18.0. The zero-order valence-corrected chi connectivity index (χ0v) is 18.8. The lowest BCUT2D eigenvalue weighted by Gasteiger charge is -2.38. The summed E-state index contributed by atoms with van der Waals surface area (Å²) in [5.74, 6) is -0.551. The molecule has 6 nitrogen and oxygen atoms in total. The fourth-order valence-electron chi connectivity index (χ4n) is 4.38. The topological polar surface area (TPSA) is 61.9 Å². The molecule has 0 radical (unpaired) electrons. The number of hydrogen-bond acceptors (Lipinski definition) is 4. The predicted molar refractivity (Wildman–Crippen MR) is 122 cm³/mol. The smallest absolute Gasteiger partial charge is 0.251 e. The van der Waals surface area contributed by atoms with Crippen LogP contribution in [-0.2, 0) is 9.53 Å². The normalized spacial score (nSPS) is 20.4. The Labute approximate surface area is 192 Å². The number of morpholine rings is 1. The summed E-state index contributed by atoms with van der Waals surface area (Å²) < 4.78 is 20.4. The average molecular weight is 460 g/mol. The van der Waals surface area contributed by atoms with Gasteiger partial charge in [-0.2, -0.15) is 0 Å². The van der Waals surface area contributed by atoms with Gasteiger partial charge in [0.25, 0.3) is 5.91 Å². The number of carbonyl (C=O) groups is 2. The molecule has 0 aromatic heterocycles. The first-order valence-electron chi connectivity index (χ1n) is 10.9. The fourth-order valence-corrected chi connectivity index (χ4v) is 4.67. The summed E-state index contributed by atoms with van der Waals surface area (Å²) in [7, 11) is 0. The van der Waals surface area contributed by atoms with E-state index >= 15 is 0 Å². The van der Waals surface area contributed by atoms with Gasteiger partial charge in [-0.15, -0.1) is 0 Å². The van der Waals surface area contributed by atoms with Crippen LogP contribution in [0.1, 0.15) is 41.7 Å². The number of nitrogens with one attached hydrogen (secondary N) is 1. The van der Waals surface area contributed by atoms with Gasteiger partial charge in [0, 0.05) is 54.4 Å². The van der Waals surface area contributed by atoms with Crippen molar-refractivity contribution in [1.29, 1.82) is 0 Å². The molecule has 1 N–H and O–H groups in total. The largest absolute Gasteiger partial charge is 0.376 e. The van der Waals surface area contributed by atoms with Crippen molar-refractivity contribution in [1.82, 2.24) is 10.2 Å². The van der Waals surface area contributed by atoms with Gasteiger partial charge in [0.2, 0.25) is 5.91 Å². The van der Waals surface area contributed by atoms with Gasteiger partial charge in [-0.25, -0.2) is 4.39 Å². The minimum atomic E-state index is -0.416. The van der Waals surface area contributed by atoms with Crippen LogP contribution in [0.5, 0.6) is 0 Å². The summed E-state index contributed by atoms with van der Waals surface area (Å²) in [5, 5.41) is 3.27. The highest BCUT2D eigenvalue weighted by molar-refractivity contribution is 6.31. The van der Waals surface area contributed by atoms with Crippen molar-refractivity contribution in [3.8, 4) is 0 Å². The molecule has 2 unspecified atom stereocenters. The van der Waals surface area contributed by atoms with Crippen molar-refractivity contribution in [3.05, 3.63) is 64.4 Å². The Morgan fingerprint density at radius 3 is 2.69 bits per heavy atom. The Kier molecular flexibility index (Phi) is 7.08. The third-order valence-corrected chi connectivity index (χ3v) is 6.35. The molecule has 0 bridgehead atoms. The molecule has 2 aromatic rings. The highest BCUT2D eigenvalue weighted by Crippen LogP contribution is 2.31. The Balaban J connectivity index is 1.49. The summed E-state index contributed by atoms with van der Waals surface area (Å²) in [6.45, 7) is 4.65. The summed E-state index contributed by atoms with van der Waals surface area (Å²) in [6.07, 6.45) is 1.41. The van der Waals surface area contributed by atoms with Crippen LogP contribution >= 0.6 is 11.6 Å². The lowest BCUT2D eigenvalue weighted by Crippen LogP contribution is -2.47. The molecule has 8 heteroatoms. The van der Waals surface area contributed by atoms with Crippen LogP contribution in [-0.4, -0.2) is 55.6 Å². The van der Waals surface area contributed by atoms with E-state index in [0.717, 1.165) is 12.1 Å². The van der Waals surface area contributed by atoms with Crippen LogP contribution in [0.2, 0.25) is 5.02 Å². The first-order valence-corrected chi connectivity index (χ1v) is 11.3.